The molecule has 6 heteroatoms. The topological polar surface area (TPSA) is 67.2 Å². The first-order chi connectivity index (χ1) is 8.58. The minimum atomic E-state index is -0.165. The summed E-state index contributed by atoms with van der Waals surface area (Å²) in [4.78, 5) is 12.0. The lowest BCUT2D eigenvalue weighted by Crippen LogP contribution is -2.44. The number of thiocarbonyl (C=S) groups is 1. The van der Waals surface area contributed by atoms with Gasteiger partial charge in [-0.05, 0) is 47.0 Å². The van der Waals surface area contributed by atoms with Gasteiger partial charge in [0.25, 0.3) is 0 Å². The Morgan fingerprint density at radius 3 is 2.94 bits per heavy atom. The van der Waals surface area contributed by atoms with Crippen LogP contribution in [0.3, 0.4) is 0 Å². The second-order valence-electron chi connectivity index (χ2n) is 4.19. The van der Waals surface area contributed by atoms with E-state index in [9.17, 15) is 4.79 Å². The van der Waals surface area contributed by atoms with Gasteiger partial charge in [0.2, 0.25) is 5.91 Å². The first kappa shape index (κ1) is 13.3. The Bertz CT molecular complexity index is 492. The lowest BCUT2D eigenvalue weighted by molar-refractivity contribution is -0.123. The third-order valence-electron chi connectivity index (χ3n) is 2.86. The molecule has 1 fully saturated rings. The van der Waals surface area contributed by atoms with Gasteiger partial charge in [-0.1, -0.05) is 12.2 Å². The molecule has 1 heterocycles. The summed E-state index contributed by atoms with van der Waals surface area (Å²) in [6, 6.07) is 5.44. The van der Waals surface area contributed by atoms with Gasteiger partial charge in [0.1, 0.15) is 11.0 Å². The Morgan fingerprint density at radius 1 is 1.56 bits per heavy atom. The summed E-state index contributed by atoms with van der Waals surface area (Å²) in [6.07, 6.45) is 1.84. The van der Waals surface area contributed by atoms with E-state index >= 15 is 0 Å². The fourth-order valence-electron chi connectivity index (χ4n) is 1.92. The van der Waals surface area contributed by atoms with Crippen LogP contribution in [0.2, 0.25) is 0 Å². The number of piperidine rings is 1. The van der Waals surface area contributed by atoms with Gasteiger partial charge in [-0.3, -0.25) is 4.79 Å². The molecule has 1 unspecified atom stereocenters. The monoisotopic (exact) mass is 327 g/mol. The lowest BCUT2D eigenvalue weighted by Gasteiger charge is -2.24. The summed E-state index contributed by atoms with van der Waals surface area (Å²) in [5.74, 6) is 0.0517. The van der Waals surface area contributed by atoms with Crippen molar-refractivity contribution in [2.75, 3.05) is 11.9 Å². The smallest absolute Gasteiger partial charge is 0.242 e. The number of benzene rings is 1. The average molecular weight is 328 g/mol. The molecule has 1 aromatic carbocycles. The zero-order valence-electron chi connectivity index (χ0n) is 9.70. The molecule has 0 saturated carbocycles. The second-order valence-corrected chi connectivity index (χ2v) is 5.48. The van der Waals surface area contributed by atoms with Gasteiger partial charge in [0.15, 0.2) is 0 Å². The standard InChI is InChI=1S/C12H14BrN3OS/c13-9-6-7(3-4-8(9)11(14)18)16-10-2-1-5-15-12(10)17/h3-4,6,10,16H,1-2,5H2,(H2,14,18)(H,15,17). The molecule has 0 aromatic heterocycles. The molecule has 1 amide bonds. The van der Waals surface area contributed by atoms with Gasteiger partial charge in [-0.2, -0.15) is 0 Å². The van der Waals surface area contributed by atoms with Crippen molar-refractivity contribution in [1.82, 2.24) is 5.32 Å². The van der Waals surface area contributed by atoms with Crippen LogP contribution in [0.5, 0.6) is 0 Å². The predicted molar refractivity (Wildman–Crippen MR) is 79.7 cm³/mol. The first-order valence-electron chi connectivity index (χ1n) is 5.71. The van der Waals surface area contributed by atoms with Gasteiger partial charge in [0, 0.05) is 22.3 Å². The highest BCUT2D eigenvalue weighted by atomic mass is 79.9. The van der Waals surface area contributed by atoms with E-state index in [1.54, 1.807) is 0 Å². The average Bonchev–Trinajstić information content (AvgIpc) is 2.32. The van der Waals surface area contributed by atoms with Crippen LogP contribution in [0.25, 0.3) is 0 Å². The van der Waals surface area contributed by atoms with E-state index in [0.717, 1.165) is 35.1 Å². The molecule has 1 saturated heterocycles. The van der Waals surface area contributed by atoms with Crippen molar-refractivity contribution in [3.05, 3.63) is 28.2 Å². The number of rotatable bonds is 3. The van der Waals surface area contributed by atoms with E-state index < -0.39 is 0 Å². The molecule has 4 N–H and O–H groups in total. The maximum Gasteiger partial charge on any atom is 0.242 e. The van der Waals surface area contributed by atoms with E-state index in [0.29, 0.717) is 4.99 Å². The van der Waals surface area contributed by atoms with Crippen LogP contribution in [0.15, 0.2) is 22.7 Å². The van der Waals surface area contributed by atoms with Crippen LogP contribution in [0.4, 0.5) is 5.69 Å². The number of amides is 1. The summed E-state index contributed by atoms with van der Waals surface area (Å²) >= 11 is 8.36. The molecule has 0 aliphatic carbocycles. The van der Waals surface area contributed by atoms with Gasteiger partial charge >= 0.3 is 0 Å². The van der Waals surface area contributed by atoms with E-state index in [1.165, 1.54) is 0 Å². The maximum atomic E-state index is 11.6. The first-order valence-corrected chi connectivity index (χ1v) is 6.91. The minimum Gasteiger partial charge on any atom is -0.389 e. The Labute approximate surface area is 119 Å². The zero-order chi connectivity index (χ0) is 13.1. The number of carbonyl (C=O) groups is 1. The highest BCUT2D eigenvalue weighted by Crippen LogP contribution is 2.23. The largest absolute Gasteiger partial charge is 0.389 e. The number of anilines is 1. The van der Waals surface area contributed by atoms with Crippen molar-refractivity contribution in [3.8, 4) is 0 Å². The number of nitrogens with one attached hydrogen (secondary N) is 2. The molecule has 1 atom stereocenters. The fraction of sp³-hybridized carbons (Fsp3) is 0.333. The number of hydrogen-bond acceptors (Lipinski definition) is 3. The molecule has 1 aliphatic heterocycles. The molecule has 0 spiro atoms. The van der Waals surface area contributed by atoms with Crippen molar-refractivity contribution in [2.24, 2.45) is 5.73 Å². The van der Waals surface area contributed by atoms with Crippen LogP contribution in [0.1, 0.15) is 18.4 Å². The molecular weight excluding hydrogens is 314 g/mol. The highest BCUT2D eigenvalue weighted by Gasteiger charge is 2.21. The quantitative estimate of drug-likeness (QED) is 0.740. The van der Waals surface area contributed by atoms with Crippen molar-refractivity contribution >= 4 is 44.7 Å². The van der Waals surface area contributed by atoms with E-state index in [-0.39, 0.29) is 11.9 Å². The molecule has 0 radical (unpaired) electrons. The number of halogens is 1. The zero-order valence-corrected chi connectivity index (χ0v) is 12.1. The third-order valence-corrected chi connectivity index (χ3v) is 3.74. The maximum absolute atomic E-state index is 11.6. The Kier molecular flexibility index (Phi) is 4.19. The Balaban J connectivity index is 2.12. The molecule has 18 heavy (non-hydrogen) atoms. The number of hydrogen-bond donors (Lipinski definition) is 3. The van der Waals surface area contributed by atoms with Crippen LogP contribution in [-0.2, 0) is 4.79 Å². The van der Waals surface area contributed by atoms with Gasteiger partial charge in [0.05, 0.1) is 0 Å². The molecule has 4 nitrogen and oxygen atoms in total. The van der Waals surface area contributed by atoms with Crippen LogP contribution in [0, 0.1) is 0 Å². The molecule has 96 valence electrons. The third kappa shape index (κ3) is 3.00. The summed E-state index contributed by atoms with van der Waals surface area (Å²) in [7, 11) is 0. The molecule has 1 aromatic rings. The summed E-state index contributed by atoms with van der Waals surface area (Å²) in [5.41, 5.74) is 7.26. The normalized spacial score (nSPS) is 19.2. The molecule has 2 rings (SSSR count). The Hall–Kier alpha value is -1.14. The van der Waals surface area contributed by atoms with Crippen LogP contribution >= 0.6 is 28.1 Å². The second kappa shape index (κ2) is 5.67. The van der Waals surface area contributed by atoms with Crippen molar-refractivity contribution in [1.29, 1.82) is 0 Å². The van der Waals surface area contributed by atoms with Crippen LogP contribution in [-0.4, -0.2) is 23.5 Å². The summed E-state index contributed by atoms with van der Waals surface area (Å²) < 4.78 is 0.830. The summed E-state index contributed by atoms with van der Waals surface area (Å²) in [6.45, 7) is 0.765. The SMILES string of the molecule is NC(=S)c1ccc(NC2CCCNC2=O)cc1Br. The van der Waals surface area contributed by atoms with Gasteiger partial charge in [-0.25, -0.2) is 0 Å². The van der Waals surface area contributed by atoms with Crippen LogP contribution < -0.4 is 16.4 Å². The predicted octanol–water partition coefficient (Wildman–Crippen LogP) is 1.77. The van der Waals surface area contributed by atoms with Crippen molar-refractivity contribution < 1.29 is 4.79 Å². The van der Waals surface area contributed by atoms with Gasteiger partial charge < -0.3 is 16.4 Å². The molecule has 0 bridgehead atoms. The van der Waals surface area contributed by atoms with Crippen molar-refractivity contribution in [3.63, 3.8) is 0 Å². The molecule has 1 aliphatic rings. The van der Waals surface area contributed by atoms with Gasteiger partial charge in [-0.15, -0.1) is 0 Å². The van der Waals surface area contributed by atoms with E-state index in [4.69, 9.17) is 18.0 Å². The number of nitrogens with two attached hydrogens (primary N) is 1. The number of carbonyl (C=O) groups excluding carboxylic acids is 1. The minimum absolute atomic E-state index is 0.0517. The van der Waals surface area contributed by atoms with E-state index in [1.807, 2.05) is 18.2 Å². The van der Waals surface area contributed by atoms with E-state index in [2.05, 4.69) is 26.6 Å². The Morgan fingerprint density at radius 2 is 2.33 bits per heavy atom. The fourth-order valence-corrected chi connectivity index (χ4v) is 2.82. The highest BCUT2D eigenvalue weighted by molar-refractivity contribution is 9.10. The molecular formula is C12H14BrN3OS. The van der Waals surface area contributed by atoms with Crippen molar-refractivity contribution in [2.45, 2.75) is 18.9 Å². The lowest BCUT2D eigenvalue weighted by atomic mass is 10.1. The summed E-state index contributed by atoms with van der Waals surface area (Å²) in [5, 5.41) is 6.05.